The van der Waals surface area contributed by atoms with Crippen molar-refractivity contribution in [1.29, 1.82) is 0 Å². The van der Waals surface area contributed by atoms with E-state index in [1.165, 1.54) is 11.8 Å². The summed E-state index contributed by atoms with van der Waals surface area (Å²) in [6, 6.07) is 13.0. The molecule has 0 saturated carbocycles. The van der Waals surface area contributed by atoms with Crippen LogP contribution in [0.4, 0.5) is 5.69 Å². The number of rotatable bonds is 5. The molecule has 31 heavy (non-hydrogen) atoms. The van der Waals surface area contributed by atoms with Crippen LogP contribution in [-0.4, -0.2) is 41.6 Å². The number of nitrogens with zero attached hydrogens (tertiary/aromatic N) is 4. The Morgan fingerprint density at radius 1 is 1.13 bits per heavy atom. The van der Waals surface area contributed by atoms with Crippen molar-refractivity contribution in [2.24, 2.45) is 0 Å². The van der Waals surface area contributed by atoms with Crippen molar-refractivity contribution in [2.75, 3.05) is 25.4 Å². The Kier molecular flexibility index (Phi) is 5.94. The molecule has 1 atom stereocenters. The SMILES string of the molecule is CCC(=O)N1c2ccccc2-c2nnc(SC)nc2O[C@H]1c1ccc(OC)c(OC)c1. The second-order valence-corrected chi connectivity index (χ2v) is 7.44. The van der Waals surface area contributed by atoms with Crippen LogP contribution in [0.25, 0.3) is 11.3 Å². The van der Waals surface area contributed by atoms with E-state index in [9.17, 15) is 4.79 Å². The molecule has 1 aliphatic rings. The van der Waals surface area contributed by atoms with Gasteiger partial charge in [-0.05, 0) is 30.5 Å². The molecule has 0 aliphatic carbocycles. The Bertz CT molecular complexity index is 1120. The van der Waals surface area contributed by atoms with Crippen molar-refractivity contribution in [2.45, 2.75) is 24.7 Å². The molecule has 3 aromatic rings. The average molecular weight is 439 g/mol. The third-order valence-corrected chi connectivity index (χ3v) is 5.50. The first-order valence-electron chi connectivity index (χ1n) is 9.70. The number of ether oxygens (including phenoxy) is 3. The van der Waals surface area contributed by atoms with Crippen molar-refractivity contribution in [1.82, 2.24) is 15.2 Å². The number of methoxy groups -OCH3 is 2. The predicted molar refractivity (Wildman–Crippen MR) is 118 cm³/mol. The van der Waals surface area contributed by atoms with E-state index >= 15 is 0 Å². The molecule has 0 bridgehead atoms. The van der Waals surface area contributed by atoms with Gasteiger partial charge >= 0.3 is 0 Å². The first-order chi connectivity index (χ1) is 15.1. The van der Waals surface area contributed by atoms with E-state index < -0.39 is 6.23 Å². The van der Waals surface area contributed by atoms with Crippen LogP contribution in [0.3, 0.4) is 0 Å². The van der Waals surface area contributed by atoms with Crippen molar-refractivity contribution in [3.8, 4) is 28.6 Å². The first kappa shape index (κ1) is 20.9. The van der Waals surface area contributed by atoms with Gasteiger partial charge in [0.2, 0.25) is 23.2 Å². The number of amides is 1. The number of hydrogen-bond acceptors (Lipinski definition) is 8. The largest absolute Gasteiger partial charge is 0.493 e. The highest BCUT2D eigenvalue weighted by atomic mass is 32.2. The predicted octanol–water partition coefficient (Wildman–Crippen LogP) is 4.11. The normalized spacial score (nSPS) is 14.7. The summed E-state index contributed by atoms with van der Waals surface area (Å²) in [7, 11) is 3.14. The lowest BCUT2D eigenvalue weighted by atomic mass is 10.1. The maximum atomic E-state index is 13.1. The Labute approximate surface area is 184 Å². The molecular formula is C22H22N4O4S. The van der Waals surface area contributed by atoms with Gasteiger partial charge in [0, 0.05) is 17.5 Å². The molecule has 0 radical (unpaired) electrons. The number of aromatic nitrogens is 3. The molecule has 2 heterocycles. The van der Waals surface area contributed by atoms with Crippen molar-refractivity contribution >= 4 is 23.4 Å². The summed E-state index contributed by atoms with van der Waals surface area (Å²) < 4.78 is 17.2. The van der Waals surface area contributed by atoms with Gasteiger partial charge in [-0.3, -0.25) is 9.69 Å². The minimum atomic E-state index is -0.777. The number of carbonyl (C=O) groups excluding carboxylic acids is 1. The lowest BCUT2D eigenvalue weighted by Gasteiger charge is -2.31. The molecule has 1 aromatic heterocycles. The Balaban J connectivity index is 1.96. The van der Waals surface area contributed by atoms with Gasteiger partial charge in [0.05, 0.1) is 19.9 Å². The van der Waals surface area contributed by atoms with Gasteiger partial charge < -0.3 is 14.2 Å². The van der Waals surface area contributed by atoms with E-state index in [0.29, 0.717) is 45.9 Å². The second kappa shape index (κ2) is 8.81. The third kappa shape index (κ3) is 3.76. The minimum Gasteiger partial charge on any atom is -0.493 e. The van der Waals surface area contributed by atoms with E-state index in [-0.39, 0.29) is 5.91 Å². The zero-order chi connectivity index (χ0) is 22.0. The van der Waals surface area contributed by atoms with Crippen LogP contribution < -0.4 is 19.1 Å². The van der Waals surface area contributed by atoms with Gasteiger partial charge in [-0.1, -0.05) is 36.9 Å². The van der Waals surface area contributed by atoms with Crippen LogP contribution in [0, 0.1) is 0 Å². The number of hydrogen-bond donors (Lipinski definition) is 0. The fraction of sp³-hybridized carbons (Fsp3) is 0.273. The van der Waals surface area contributed by atoms with Crippen LogP contribution in [0.5, 0.6) is 17.4 Å². The summed E-state index contributed by atoms with van der Waals surface area (Å²) in [5, 5.41) is 9.01. The van der Waals surface area contributed by atoms with Gasteiger partial charge in [0.1, 0.15) is 0 Å². The molecule has 9 heteroatoms. The van der Waals surface area contributed by atoms with E-state index in [1.807, 2.05) is 43.5 Å². The lowest BCUT2D eigenvalue weighted by Crippen LogP contribution is -2.37. The summed E-state index contributed by atoms with van der Waals surface area (Å²) in [5.74, 6) is 1.34. The van der Waals surface area contributed by atoms with Gasteiger partial charge in [-0.15, -0.1) is 10.2 Å². The highest BCUT2D eigenvalue weighted by Crippen LogP contribution is 2.44. The summed E-state index contributed by atoms with van der Waals surface area (Å²) in [6.07, 6.45) is 1.39. The standard InChI is InChI=1S/C22H22N4O4S/c1-5-18(27)26-15-9-7-6-8-14(15)19-20(23-22(31-4)25-24-19)30-21(26)13-10-11-16(28-2)17(12-13)29-3/h6-12,21H,5H2,1-4H3/t21-/m0/s1. The van der Waals surface area contributed by atoms with E-state index in [1.54, 1.807) is 31.3 Å². The van der Waals surface area contributed by atoms with Crippen molar-refractivity contribution < 1.29 is 19.0 Å². The maximum absolute atomic E-state index is 13.1. The molecule has 0 fully saturated rings. The van der Waals surface area contributed by atoms with Crippen LogP contribution >= 0.6 is 11.8 Å². The van der Waals surface area contributed by atoms with Crippen LogP contribution in [-0.2, 0) is 4.79 Å². The number of carbonyl (C=O) groups is 1. The molecule has 0 N–H and O–H groups in total. The molecule has 160 valence electrons. The number of fused-ring (bicyclic) bond motifs is 3. The Morgan fingerprint density at radius 3 is 2.61 bits per heavy atom. The molecule has 0 saturated heterocycles. The molecule has 0 spiro atoms. The fourth-order valence-electron chi connectivity index (χ4n) is 3.46. The van der Waals surface area contributed by atoms with Gasteiger partial charge in [-0.2, -0.15) is 4.98 Å². The fourth-order valence-corrected chi connectivity index (χ4v) is 3.76. The zero-order valence-corrected chi connectivity index (χ0v) is 18.5. The van der Waals surface area contributed by atoms with Crippen LogP contribution in [0.1, 0.15) is 25.1 Å². The molecule has 8 nitrogen and oxygen atoms in total. The third-order valence-electron chi connectivity index (χ3n) is 4.96. The monoisotopic (exact) mass is 438 g/mol. The highest BCUT2D eigenvalue weighted by molar-refractivity contribution is 7.98. The van der Waals surface area contributed by atoms with Gasteiger partial charge in [-0.25, -0.2) is 0 Å². The maximum Gasteiger partial charge on any atom is 0.247 e. The molecule has 2 aromatic carbocycles. The van der Waals surface area contributed by atoms with E-state index in [2.05, 4.69) is 15.2 Å². The lowest BCUT2D eigenvalue weighted by molar-refractivity contribution is -0.120. The van der Waals surface area contributed by atoms with Crippen molar-refractivity contribution in [3.63, 3.8) is 0 Å². The molecule has 1 aliphatic heterocycles. The number of anilines is 1. The first-order valence-corrected chi connectivity index (χ1v) is 10.9. The zero-order valence-electron chi connectivity index (χ0n) is 17.7. The van der Waals surface area contributed by atoms with Gasteiger partial charge in [0.15, 0.2) is 17.2 Å². The quantitative estimate of drug-likeness (QED) is 0.550. The molecular weight excluding hydrogens is 416 g/mol. The Morgan fingerprint density at radius 2 is 1.90 bits per heavy atom. The number of thioether (sulfide) groups is 1. The minimum absolute atomic E-state index is 0.0990. The van der Waals surface area contributed by atoms with Gasteiger partial charge in [0.25, 0.3) is 0 Å². The number of benzene rings is 2. The summed E-state index contributed by atoms with van der Waals surface area (Å²) in [5.41, 5.74) is 2.62. The summed E-state index contributed by atoms with van der Waals surface area (Å²) >= 11 is 1.37. The number of para-hydroxylation sites is 1. The van der Waals surface area contributed by atoms with Crippen molar-refractivity contribution in [3.05, 3.63) is 48.0 Å². The smallest absolute Gasteiger partial charge is 0.247 e. The topological polar surface area (TPSA) is 86.7 Å². The van der Waals surface area contributed by atoms with Crippen LogP contribution in [0.15, 0.2) is 47.6 Å². The average Bonchev–Trinajstić information content (AvgIpc) is 2.97. The molecule has 0 unspecified atom stereocenters. The van der Waals surface area contributed by atoms with Crippen LogP contribution in [0.2, 0.25) is 0 Å². The summed E-state index contributed by atoms with van der Waals surface area (Å²) in [4.78, 5) is 19.3. The molecule has 4 rings (SSSR count). The summed E-state index contributed by atoms with van der Waals surface area (Å²) in [6.45, 7) is 1.82. The Hall–Kier alpha value is -3.33. The second-order valence-electron chi connectivity index (χ2n) is 6.67. The van der Waals surface area contributed by atoms with E-state index in [4.69, 9.17) is 14.2 Å². The highest BCUT2D eigenvalue weighted by Gasteiger charge is 2.35. The van der Waals surface area contributed by atoms with E-state index in [0.717, 1.165) is 5.56 Å². The molecule has 1 amide bonds.